The fraction of sp³-hybridized carbons (Fsp3) is 0.357. The minimum atomic E-state index is -5.06. The van der Waals surface area contributed by atoms with Crippen LogP contribution in [0.4, 0.5) is 18.9 Å². The highest BCUT2D eigenvalue weighted by Crippen LogP contribution is 2.66. The zero-order chi connectivity index (χ0) is 29.6. The van der Waals surface area contributed by atoms with Gasteiger partial charge >= 0.3 is 6.36 Å². The van der Waals surface area contributed by atoms with Crippen LogP contribution in [0.25, 0.3) is 0 Å². The van der Waals surface area contributed by atoms with Gasteiger partial charge in [-0.05, 0) is 49.1 Å². The molecule has 214 valence electrons. The maximum absolute atomic E-state index is 13.9. The lowest BCUT2D eigenvalue weighted by Crippen LogP contribution is -2.60. The van der Waals surface area contributed by atoms with Gasteiger partial charge < -0.3 is 9.84 Å². The number of halogens is 5. The van der Waals surface area contributed by atoms with E-state index in [2.05, 4.69) is 4.74 Å². The molecule has 2 aromatic carbocycles. The number of ether oxygens (including phenoxy) is 1. The molecule has 4 aliphatic rings. The zero-order valence-corrected chi connectivity index (χ0v) is 22.7. The number of carbonyl (C=O) groups is 4. The number of phenolic OH excluding ortho intramolecular Hbond substituents is 1. The summed E-state index contributed by atoms with van der Waals surface area (Å²) in [6.07, 6.45) is -3.69. The Morgan fingerprint density at radius 3 is 2.32 bits per heavy atom. The van der Waals surface area contributed by atoms with E-state index in [1.165, 1.54) is 7.05 Å². The number of nitrogens with zero attached hydrogens (tertiary/aromatic N) is 2. The van der Waals surface area contributed by atoms with Crippen LogP contribution in [-0.2, 0) is 19.2 Å². The van der Waals surface area contributed by atoms with E-state index < -0.39 is 74.9 Å². The molecule has 6 atom stereocenters. The smallest absolute Gasteiger partial charge is 0.508 e. The van der Waals surface area contributed by atoms with Crippen LogP contribution in [0, 0.1) is 17.8 Å². The second-order valence-electron chi connectivity index (χ2n) is 10.6. The largest absolute Gasteiger partial charge is 0.573 e. The summed E-state index contributed by atoms with van der Waals surface area (Å²) >= 11 is 14.0. The van der Waals surface area contributed by atoms with E-state index in [1.807, 2.05) is 0 Å². The average Bonchev–Trinajstić information content (AvgIpc) is 3.24. The van der Waals surface area contributed by atoms with Gasteiger partial charge in [0, 0.05) is 18.5 Å². The number of fused-ring (bicyclic) bond motifs is 4. The molecule has 8 nitrogen and oxygen atoms in total. The van der Waals surface area contributed by atoms with Crippen molar-refractivity contribution in [3.63, 3.8) is 0 Å². The second-order valence-corrected chi connectivity index (χ2v) is 11.9. The maximum Gasteiger partial charge on any atom is 0.573 e. The molecule has 13 heteroatoms. The van der Waals surface area contributed by atoms with Crippen molar-refractivity contribution in [3.8, 4) is 11.5 Å². The summed E-state index contributed by atoms with van der Waals surface area (Å²) in [5.74, 6) is -8.11. The fourth-order valence-corrected chi connectivity index (χ4v) is 7.89. The molecule has 2 saturated heterocycles. The predicted octanol–water partition coefficient (Wildman–Crippen LogP) is 4.48. The molecule has 0 aromatic heterocycles. The minimum Gasteiger partial charge on any atom is -0.508 e. The molecule has 1 N–H and O–H groups in total. The van der Waals surface area contributed by atoms with Gasteiger partial charge in [0.25, 0.3) is 11.8 Å². The number of anilines is 1. The highest BCUT2D eigenvalue weighted by atomic mass is 35.5. The SMILES string of the molecule is CN1C(=O)[C@]2(Cl)C[C@@H]3C(=CC[C@@H]4C(=O)N(c5ccccc5)C(=O)[C@@H]43)[C@H](c3cc(OC(F)(F)F)ccc3O)[C@]2(Cl)C1=O. The average molecular weight is 609 g/mol. The number of imide groups is 2. The van der Waals surface area contributed by atoms with Gasteiger partial charge in [-0.1, -0.05) is 29.8 Å². The number of aromatic hydroxyl groups is 1. The summed E-state index contributed by atoms with van der Waals surface area (Å²) in [4.78, 5) is 51.8. The normalized spacial score (nSPS) is 33.0. The number of likely N-dealkylation sites (tertiary alicyclic amines) is 1. The van der Waals surface area contributed by atoms with Gasteiger partial charge in [0.05, 0.1) is 17.5 Å². The number of para-hydroxylation sites is 1. The van der Waals surface area contributed by atoms with Crippen LogP contribution in [0.1, 0.15) is 24.3 Å². The van der Waals surface area contributed by atoms with Crippen LogP contribution in [0.2, 0.25) is 0 Å². The monoisotopic (exact) mass is 608 g/mol. The van der Waals surface area contributed by atoms with E-state index in [0.29, 0.717) is 11.3 Å². The molecule has 0 spiro atoms. The predicted molar refractivity (Wildman–Crippen MR) is 139 cm³/mol. The van der Waals surface area contributed by atoms with Gasteiger partial charge in [-0.25, -0.2) is 0 Å². The summed E-state index contributed by atoms with van der Waals surface area (Å²) in [7, 11) is 1.18. The zero-order valence-electron chi connectivity index (χ0n) is 21.2. The first-order valence-electron chi connectivity index (χ1n) is 12.6. The van der Waals surface area contributed by atoms with E-state index >= 15 is 0 Å². The number of hydrogen-bond acceptors (Lipinski definition) is 6. The third kappa shape index (κ3) is 3.74. The van der Waals surface area contributed by atoms with Crippen LogP contribution < -0.4 is 9.64 Å². The Labute approximate surface area is 241 Å². The number of benzene rings is 2. The van der Waals surface area contributed by atoms with E-state index in [0.717, 1.165) is 28.0 Å². The summed E-state index contributed by atoms with van der Waals surface area (Å²) in [6, 6.07) is 11.0. The van der Waals surface area contributed by atoms with Crippen LogP contribution in [0.3, 0.4) is 0 Å². The van der Waals surface area contributed by atoms with Crippen molar-refractivity contribution < 1.29 is 42.2 Å². The van der Waals surface area contributed by atoms with Crippen LogP contribution in [0.15, 0.2) is 60.2 Å². The van der Waals surface area contributed by atoms with Crippen LogP contribution in [-0.4, -0.2) is 56.8 Å². The molecule has 2 heterocycles. The topological polar surface area (TPSA) is 104 Å². The Hall–Kier alpha value is -3.57. The molecule has 2 aliphatic heterocycles. The number of phenols is 1. The van der Waals surface area contributed by atoms with Crippen molar-refractivity contribution in [2.45, 2.75) is 34.9 Å². The third-order valence-corrected chi connectivity index (χ3v) is 9.99. The maximum atomic E-state index is 13.9. The third-order valence-electron chi connectivity index (χ3n) is 8.57. The Morgan fingerprint density at radius 1 is 0.976 bits per heavy atom. The fourth-order valence-electron chi connectivity index (χ4n) is 6.88. The van der Waals surface area contributed by atoms with Crippen molar-refractivity contribution in [2.75, 3.05) is 11.9 Å². The molecule has 3 fully saturated rings. The Bertz CT molecular complexity index is 1550. The van der Waals surface area contributed by atoms with Crippen molar-refractivity contribution in [1.29, 1.82) is 0 Å². The van der Waals surface area contributed by atoms with Crippen LogP contribution >= 0.6 is 23.2 Å². The molecule has 6 rings (SSSR count). The summed E-state index contributed by atoms with van der Waals surface area (Å²) < 4.78 is 43.3. The van der Waals surface area contributed by atoms with Gasteiger partial charge in [0.1, 0.15) is 11.5 Å². The lowest BCUT2D eigenvalue weighted by molar-refractivity contribution is -0.274. The molecular formula is C28H21Cl2F3N2O6. The van der Waals surface area contributed by atoms with E-state index in [9.17, 15) is 37.5 Å². The highest BCUT2D eigenvalue weighted by molar-refractivity contribution is 6.53. The number of carbonyl (C=O) groups excluding carboxylic acids is 4. The van der Waals surface area contributed by atoms with Crippen molar-refractivity contribution >= 4 is 52.5 Å². The molecule has 41 heavy (non-hydrogen) atoms. The van der Waals surface area contributed by atoms with Crippen molar-refractivity contribution in [2.24, 2.45) is 17.8 Å². The minimum absolute atomic E-state index is 0.0562. The quantitative estimate of drug-likeness (QED) is 0.313. The number of allylic oxidation sites excluding steroid dienone is 2. The molecule has 4 amide bonds. The molecule has 0 bridgehead atoms. The Kier molecular flexibility index (Phi) is 6.03. The molecule has 2 aromatic rings. The van der Waals surface area contributed by atoms with Crippen LogP contribution in [0.5, 0.6) is 11.5 Å². The van der Waals surface area contributed by atoms with Gasteiger partial charge in [-0.2, -0.15) is 0 Å². The number of alkyl halides is 5. The Morgan fingerprint density at radius 2 is 1.66 bits per heavy atom. The number of hydrogen-bond donors (Lipinski definition) is 1. The lowest BCUT2D eigenvalue weighted by Gasteiger charge is -2.50. The molecule has 0 radical (unpaired) electrons. The first-order valence-corrected chi connectivity index (χ1v) is 13.4. The standard InChI is InChI=1S/C28H21Cl2F3N2O6/c1-34-24(39)26(29)12-18-15(8-9-16-20(18)23(38)35(22(16)37)13-5-3-2-4-6-13)21(27(26,30)25(34)40)17-11-14(7-10-19(17)36)41-28(31,32)33/h2-8,10-11,16,18,20-21,36H,9,12H2,1H3/t16-,18+,20-,21+,26+,27-/m0/s1. The highest BCUT2D eigenvalue weighted by Gasteiger charge is 2.76. The van der Waals surface area contributed by atoms with E-state index in [4.69, 9.17) is 23.2 Å². The van der Waals surface area contributed by atoms with E-state index in [1.54, 1.807) is 36.4 Å². The van der Waals surface area contributed by atoms with Gasteiger partial charge in [-0.3, -0.25) is 29.0 Å². The van der Waals surface area contributed by atoms with Gasteiger partial charge in [0.15, 0.2) is 9.75 Å². The summed E-state index contributed by atoms with van der Waals surface area (Å²) in [6.45, 7) is 0. The molecule has 2 aliphatic carbocycles. The first-order chi connectivity index (χ1) is 19.2. The first kappa shape index (κ1) is 27.6. The lowest BCUT2D eigenvalue weighted by atomic mass is 9.56. The summed E-state index contributed by atoms with van der Waals surface area (Å²) in [5, 5.41) is 10.9. The number of amides is 4. The molecule has 1 saturated carbocycles. The summed E-state index contributed by atoms with van der Waals surface area (Å²) in [5.41, 5.74) is 0.443. The second kappa shape index (κ2) is 8.96. The van der Waals surface area contributed by atoms with Gasteiger partial charge in [-0.15, -0.1) is 36.4 Å². The molecular weight excluding hydrogens is 588 g/mol. The number of rotatable bonds is 3. The van der Waals surface area contributed by atoms with Gasteiger partial charge in [0.2, 0.25) is 11.8 Å². The van der Waals surface area contributed by atoms with Crippen molar-refractivity contribution in [3.05, 3.63) is 65.7 Å². The van der Waals surface area contributed by atoms with Crippen molar-refractivity contribution in [1.82, 2.24) is 4.90 Å². The molecule has 0 unspecified atom stereocenters. The van der Waals surface area contributed by atoms with E-state index in [-0.39, 0.29) is 18.4 Å². The Balaban J connectivity index is 1.53.